The van der Waals surface area contributed by atoms with Crippen LogP contribution >= 0.6 is 11.3 Å². The van der Waals surface area contributed by atoms with E-state index in [1.54, 1.807) is 23.7 Å². The van der Waals surface area contributed by atoms with Gasteiger partial charge in [-0.15, -0.1) is 0 Å². The normalized spacial score (nSPS) is 22.3. The fraction of sp³-hybridized carbons (Fsp3) is 0.474. The number of carbonyl (C=O) groups is 2. The SMILES string of the molecule is O=C(c1cnccn1)N1C[C@@H]2CC[C@H](C1)N(C(=O)CCc1ccsc1)C2. The van der Waals surface area contributed by atoms with E-state index < -0.39 is 0 Å². The third-order valence-electron chi connectivity index (χ3n) is 5.31. The molecular formula is C19H22N4O2S. The summed E-state index contributed by atoms with van der Waals surface area (Å²) in [6.07, 6.45) is 7.99. The van der Waals surface area contributed by atoms with Crippen LogP contribution < -0.4 is 0 Å². The second kappa shape index (κ2) is 7.53. The number of piperidine rings is 1. The Bertz CT molecular complexity index is 765. The fourth-order valence-electron chi connectivity index (χ4n) is 3.95. The van der Waals surface area contributed by atoms with Gasteiger partial charge in [0.05, 0.1) is 6.20 Å². The molecule has 3 saturated heterocycles. The van der Waals surface area contributed by atoms with Crippen molar-refractivity contribution in [3.05, 3.63) is 46.7 Å². The van der Waals surface area contributed by atoms with Crippen LogP contribution in [-0.2, 0) is 11.2 Å². The van der Waals surface area contributed by atoms with Crippen molar-refractivity contribution in [2.24, 2.45) is 5.92 Å². The lowest BCUT2D eigenvalue weighted by Crippen LogP contribution is -2.47. The van der Waals surface area contributed by atoms with Crippen LogP contribution in [0.15, 0.2) is 35.4 Å². The number of nitrogens with zero attached hydrogens (tertiary/aromatic N) is 4. The van der Waals surface area contributed by atoms with E-state index in [2.05, 4.69) is 21.4 Å². The third kappa shape index (κ3) is 3.62. The fourth-order valence-corrected chi connectivity index (χ4v) is 4.66. The standard InChI is InChI=1S/C19H22N4O2S/c24-18(4-2-14-5-8-26-13-14)23-11-15-1-3-16(23)12-22(10-15)19(25)17-9-20-6-7-21-17/h5-9,13,15-16H,1-4,10-12H2/t15-,16+/m0/s1. The summed E-state index contributed by atoms with van der Waals surface area (Å²) in [4.78, 5) is 37.5. The summed E-state index contributed by atoms with van der Waals surface area (Å²) in [7, 11) is 0. The van der Waals surface area contributed by atoms with Gasteiger partial charge in [-0.1, -0.05) is 0 Å². The van der Waals surface area contributed by atoms with Gasteiger partial charge < -0.3 is 9.80 Å². The van der Waals surface area contributed by atoms with Crippen molar-refractivity contribution in [3.63, 3.8) is 0 Å². The molecule has 0 aliphatic carbocycles. The number of amides is 2. The summed E-state index contributed by atoms with van der Waals surface area (Å²) in [5, 5.41) is 4.15. The van der Waals surface area contributed by atoms with Crippen LogP contribution in [0.2, 0.25) is 0 Å². The van der Waals surface area contributed by atoms with Crippen LogP contribution in [0.4, 0.5) is 0 Å². The number of rotatable bonds is 4. The summed E-state index contributed by atoms with van der Waals surface area (Å²) in [5.74, 6) is 0.474. The highest BCUT2D eigenvalue weighted by Crippen LogP contribution is 2.29. The van der Waals surface area contributed by atoms with Gasteiger partial charge in [0.25, 0.3) is 5.91 Å². The minimum atomic E-state index is -0.0810. The minimum absolute atomic E-state index is 0.0810. The highest BCUT2D eigenvalue weighted by molar-refractivity contribution is 7.07. The molecule has 2 bridgehead atoms. The number of aromatic nitrogens is 2. The highest BCUT2D eigenvalue weighted by atomic mass is 32.1. The first-order valence-electron chi connectivity index (χ1n) is 9.06. The van der Waals surface area contributed by atoms with Crippen LogP contribution in [0.3, 0.4) is 0 Å². The second-order valence-electron chi connectivity index (χ2n) is 7.08. The van der Waals surface area contributed by atoms with Gasteiger partial charge >= 0.3 is 0 Å². The number of hydrogen-bond donors (Lipinski definition) is 0. The second-order valence-corrected chi connectivity index (χ2v) is 7.86. The van der Waals surface area contributed by atoms with Crippen LogP contribution in [-0.4, -0.2) is 57.3 Å². The quantitative estimate of drug-likeness (QED) is 0.828. The van der Waals surface area contributed by atoms with Crippen molar-refractivity contribution in [1.29, 1.82) is 0 Å². The summed E-state index contributed by atoms with van der Waals surface area (Å²) in [5.41, 5.74) is 1.60. The Balaban J connectivity index is 1.43. The van der Waals surface area contributed by atoms with Gasteiger partial charge in [0.1, 0.15) is 5.69 Å². The molecule has 0 spiro atoms. The molecule has 5 rings (SSSR count). The third-order valence-corrected chi connectivity index (χ3v) is 6.04. The van der Waals surface area contributed by atoms with Crippen molar-refractivity contribution in [2.75, 3.05) is 19.6 Å². The Morgan fingerprint density at radius 3 is 2.88 bits per heavy atom. The average molecular weight is 370 g/mol. The van der Waals surface area contributed by atoms with Gasteiger partial charge in [-0.3, -0.25) is 14.6 Å². The van der Waals surface area contributed by atoms with Crippen molar-refractivity contribution in [2.45, 2.75) is 31.7 Å². The van der Waals surface area contributed by atoms with E-state index in [-0.39, 0.29) is 17.9 Å². The average Bonchev–Trinajstić information content (AvgIpc) is 3.04. The Kier molecular flexibility index (Phi) is 4.97. The molecule has 136 valence electrons. The predicted octanol–water partition coefficient (Wildman–Crippen LogP) is 2.23. The Morgan fingerprint density at radius 2 is 2.12 bits per heavy atom. The zero-order chi connectivity index (χ0) is 17.9. The molecule has 2 amide bonds. The van der Waals surface area contributed by atoms with E-state index in [1.807, 2.05) is 15.2 Å². The first kappa shape index (κ1) is 17.1. The molecule has 6 nitrogen and oxygen atoms in total. The van der Waals surface area contributed by atoms with Crippen molar-refractivity contribution >= 4 is 23.2 Å². The Morgan fingerprint density at radius 1 is 1.19 bits per heavy atom. The zero-order valence-corrected chi connectivity index (χ0v) is 15.4. The lowest BCUT2D eigenvalue weighted by molar-refractivity contribution is -0.135. The van der Waals surface area contributed by atoms with Gasteiger partial charge in [0.15, 0.2) is 0 Å². The first-order chi connectivity index (χ1) is 12.7. The molecule has 0 radical (unpaired) electrons. The molecule has 2 aromatic heterocycles. The summed E-state index contributed by atoms with van der Waals surface area (Å²) in [6, 6.07) is 2.19. The van der Waals surface area contributed by atoms with Crippen LogP contribution in [0.1, 0.15) is 35.3 Å². The molecule has 7 heteroatoms. The van der Waals surface area contributed by atoms with Gasteiger partial charge in [-0.25, -0.2) is 4.98 Å². The predicted molar refractivity (Wildman–Crippen MR) is 98.8 cm³/mol. The maximum absolute atomic E-state index is 12.8. The zero-order valence-electron chi connectivity index (χ0n) is 14.6. The number of thiophene rings is 1. The van der Waals surface area contributed by atoms with Gasteiger partial charge in [0.2, 0.25) is 5.91 Å². The van der Waals surface area contributed by atoms with E-state index in [0.717, 1.165) is 25.8 Å². The summed E-state index contributed by atoms with van der Waals surface area (Å²) >= 11 is 1.66. The molecule has 0 aromatic carbocycles. The van der Waals surface area contributed by atoms with Gasteiger partial charge in [0, 0.05) is 44.5 Å². The van der Waals surface area contributed by atoms with Gasteiger partial charge in [-0.05, 0) is 47.6 Å². The van der Waals surface area contributed by atoms with E-state index in [1.165, 1.54) is 11.8 Å². The number of carbonyl (C=O) groups excluding carboxylic acids is 2. The van der Waals surface area contributed by atoms with Gasteiger partial charge in [-0.2, -0.15) is 11.3 Å². The molecular weight excluding hydrogens is 348 g/mol. The van der Waals surface area contributed by atoms with Crippen molar-refractivity contribution in [3.8, 4) is 0 Å². The van der Waals surface area contributed by atoms with E-state index >= 15 is 0 Å². The lowest BCUT2D eigenvalue weighted by atomic mass is 9.94. The van der Waals surface area contributed by atoms with Crippen molar-refractivity contribution < 1.29 is 9.59 Å². The number of fused-ring (bicyclic) bond motifs is 4. The highest BCUT2D eigenvalue weighted by Gasteiger charge is 2.38. The van der Waals surface area contributed by atoms with Crippen LogP contribution in [0, 0.1) is 5.92 Å². The maximum Gasteiger partial charge on any atom is 0.274 e. The molecule has 26 heavy (non-hydrogen) atoms. The summed E-state index contributed by atoms with van der Waals surface area (Å²) in [6.45, 7) is 2.05. The molecule has 0 unspecified atom stereocenters. The minimum Gasteiger partial charge on any atom is -0.338 e. The van der Waals surface area contributed by atoms with Crippen LogP contribution in [0.25, 0.3) is 0 Å². The summed E-state index contributed by atoms with van der Waals surface area (Å²) < 4.78 is 0. The lowest BCUT2D eigenvalue weighted by Gasteiger charge is -2.36. The largest absolute Gasteiger partial charge is 0.338 e. The molecule has 0 N–H and O–H groups in total. The topological polar surface area (TPSA) is 66.4 Å². The monoisotopic (exact) mass is 370 g/mol. The molecule has 3 aliphatic heterocycles. The molecule has 3 fully saturated rings. The smallest absolute Gasteiger partial charge is 0.274 e. The van der Waals surface area contributed by atoms with E-state index in [9.17, 15) is 9.59 Å². The van der Waals surface area contributed by atoms with E-state index in [4.69, 9.17) is 0 Å². The number of hydrogen-bond acceptors (Lipinski definition) is 5. The van der Waals surface area contributed by atoms with Crippen LogP contribution in [0.5, 0.6) is 0 Å². The molecule has 0 saturated carbocycles. The molecule has 2 aromatic rings. The maximum atomic E-state index is 12.8. The molecule has 3 aliphatic rings. The van der Waals surface area contributed by atoms with Crippen molar-refractivity contribution in [1.82, 2.24) is 19.8 Å². The Labute approximate surface area is 156 Å². The molecule has 2 atom stereocenters. The number of aryl methyl sites for hydroxylation is 1. The molecule has 5 heterocycles. The van der Waals surface area contributed by atoms with E-state index in [0.29, 0.717) is 31.1 Å². The Hall–Kier alpha value is -2.28. The first-order valence-corrected chi connectivity index (χ1v) is 10.0.